The number of nitrogens with one attached hydrogen (secondary N) is 2. The van der Waals surface area contributed by atoms with E-state index in [0.717, 1.165) is 0 Å². The summed E-state index contributed by atoms with van der Waals surface area (Å²) >= 11 is 5.96. The van der Waals surface area contributed by atoms with Crippen molar-refractivity contribution in [3.8, 4) is 5.75 Å². The monoisotopic (exact) mass is 480 g/mol. The van der Waals surface area contributed by atoms with Crippen LogP contribution in [0.4, 0.5) is 11.4 Å². The molecule has 0 fully saturated rings. The van der Waals surface area contributed by atoms with Gasteiger partial charge in [0.1, 0.15) is 11.3 Å². The first-order valence-corrected chi connectivity index (χ1v) is 10.1. The van der Waals surface area contributed by atoms with Crippen molar-refractivity contribution < 1.29 is 24.0 Å². The lowest BCUT2D eigenvalue weighted by Gasteiger charge is -2.10. The van der Waals surface area contributed by atoms with Crippen LogP contribution in [0.15, 0.2) is 77.9 Å². The van der Waals surface area contributed by atoms with Crippen LogP contribution in [0.25, 0.3) is 0 Å². The molecule has 0 spiro atoms. The minimum Gasteiger partial charge on any atom is -0.422 e. The molecular weight excluding hydrogens is 464 g/mol. The third-order valence-electron chi connectivity index (χ3n) is 4.45. The quantitative estimate of drug-likeness (QED) is 0.137. The van der Waals surface area contributed by atoms with E-state index in [-0.39, 0.29) is 27.7 Å². The number of carbonyl (C=O) groups excluding carboxylic acids is 3. The van der Waals surface area contributed by atoms with Crippen molar-refractivity contribution in [1.29, 1.82) is 0 Å². The molecule has 3 rings (SSSR count). The zero-order valence-corrected chi connectivity index (χ0v) is 18.4. The molecule has 0 atom stereocenters. The standard InChI is InChI=1S/C23H17ClN4O6/c1-14(26-27-22(30)21(29)25-18-11-5-4-10-17(18)24)15-8-3-7-13-20(15)34-23(31)16-9-2-6-12-19(16)28(32)33/h2-13H,1H3,(H,25,29)(H,27,30)/b26-14+. The smallest absolute Gasteiger partial charge is 0.350 e. The molecule has 0 aliphatic carbocycles. The van der Waals surface area contributed by atoms with E-state index in [2.05, 4.69) is 15.8 Å². The molecule has 10 nitrogen and oxygen atoms in total. The molecule has 0 heterocycles. The number of hydrogen-bond acceptors (Lipinski definition) is 7. The number of benzene rings is 3. The number of hydrogen-bond donors (Lipinski definition) is 2. The molecule has 0 aliphatic heterocycles. The van der Waals surface area contributed by atoms with E-state index in [1.54, 1.807) is 36.4 Å². The van der Waals surface area contributed by atoms with Crippen LogP contribution in [0.5, 0.6) is 5.75 Å². The summed E-state index contributed by atoms with van der Waals surface area (Å²) in [6.07, 6.45) is 0. The zero-order chi connectivity index (χ0) is 24.7. The molecule has 0 saturated carbocycles. The highest BCUT2D eigenvalue weighted by Gasteiger charge is 2.22. The molecule has 0 radical (unpaired) electrons. The number of nitro groups is 1. The molecule has 3 aromatic carbocycles. The van der Waals surface area contributed by atoms with Crippen LogP contribution >= 0.6 is 11.6 Å². The van der Waals surface area contributed by atoms with Crippen LogP contribution in [0.1, 0.15) is 22.8 Å². The lowest BCUT2D eigenvalue weighted by atomic mass is 10.1. The lowest BCUT2D eigenvalue weighted by molar-refractivity contribution is -0.385. The van der Waals surface area contributed by atoms with Crippen molar-refractivity contribution in [3.05, 3.63) is 99.1 Å². The van der Waals surface area contributed by atoms with E-state index in [4.69, 9.17) is 16.3 Å². The van der Waals surface area contributed by atoms with Gasteiger partial charge in [0.15, 0.2) is 0 Å². The number of para-hydroxylation sites is 3. The number of nitrogens with zero attached hydrogens (tertiary/aromatic N) is 2. The van der Waals surface area contributed by atoms with E-state index >= 15 is 0 Å². The van der Waals surface area contributed by atoms with E-state index in [0.29, 0.717) is 5.56 Å². The van der Waals surface area contributed by atoms with Gasteiger partial charge in [0.05, 0.1) is 21.3 Å². The van der Waals surface area contributed by atoms with E-state index in [1.165, 1.54) is 43.3 Å². The second-order valence-corrected chi connectivity index (χ2v) is 7.14. The summed E-state index contributed by atoms with van der Waals surface area (Å²) in [6, 6.07) is 18.1. The number of amides is 2. The molecule has 2 amide bonds. The summed E-state index contributed by atoms with van der Waals surface area (Å²) in [5.41, 5.74) is 2.30. The van der Waals surface area contributed by atoms with Gasteiger partial charge in [0.2, 0.25) is 0 Å². The van der Waals surface area contributed by atoms with Gasteiger partial charge >= 0.3 is 17.8 Å². The Balaban J connectivity index is 1.74. The predicted octanol–water partition coefficient (Wildman–Crippen LogP) is 3.95. The summed E-state index contributed by atoms with van der Waals surface area (Å²) in [6.45, 7) is 1.52. The number of ether oxygens (including phenoxy) is 1. The van der Waals surface area contributed by atoms with Crippen LogP contribution in [0, 0.1) is 10.1 Å². The van der Waals surface area contributed by atoms with Gasteiger partial charge < -0.3 is 10.1 Å². The fraction of sp³-hybridized carbons (Fsp3) is 0.0435. The first kappa shape index (κ1) is 24.1. The maximum absolute atomic E-state index is 12.6. The number of halogens is 1. The van der Waals surface area contributed by atoms with E-state index in [1.807, 2.05) is 0 Å². The largest absolute Gasteiger partial charge is 0.422 e. The summed E-state index contributed by atoms with van der Waals surface area (Å²) in [5.74, 6) is -2.91. The number of anilines is 1. The molecule has 34 heavy (non-hydrogen) atoms. The predicted molar refractivity (Wildman–Crippen MR) is 125 cm³/mol. The topological polar surface area (TPSA) is 140 Å². The molecule has 172 valence electrons. The van der Waals surface area contributed by atoms with Crippen LogP contribution in [-0.4, -0.2) is 28.4 Å². The van der Waals surface area contributed by atoms with Crippen LogP contribution < -0.4 is 15.5 Å². The minimum atomic E-state index is -1.05. The van der Waals surface area contributed by atoms with E-state index < -0.39 is 28.4 Å². The van der Waals surface area contributed by atoms with Crippen LogP contribution in [0.3, 0.4) is 0 Å². The van der Waals surface area contributed by atoms with Gasteiger partial charge in [-0.25, -0.2) is 10.2 Å². The van der Waals surface area contributed by atoms with Gasteiger partial charge in [-0.05, 0) is 37.3 Å². The first-order chi connectivity index (χ1) is 16.3. The highest BCUT2D eigenvalue weighted by molar-refractivity contribution is 6.41. The summed E-state index contributed by atoms with van der Waals surface area (Å²) in [7, 11) is 0. The Morgan fingerprint density at radius 2 is 1.53 bits per heavy atom. The number of nitro benzene ring substituents is 1. The second kappa shape index (κ2) is 10.8. The second-order valence-electron chi connectivity index (χ2n) is 6.73. The van der Waals surface area contributed by atoms with Crippen molar-refractivity contribution in [2.75, 3.05) is 5.32 Å². The van der Waals surface area contributed by atoms with Gasteiger partial charge in [0.25, 0.3) is 5.69 Å². The van der Waals surface area contributed by atoms with Crippen molar-refractivity contribution >= 4 is 46.5 Å². The molecule has 0 bridgehead atoms. The maximum atomic E-state index is 12.6. The van der Waals surface area contributed by atoms with Gasteiger partial charge in [-0.1, -0.05) is 48.0 Å². The van der Waals surface area contributed by atoms with Crippen LogP contribution in [0.2, 0.25) is 5.02 Å². The van der Waals surface area contributed by atoms with Gasteiger partial charge in [-0.15, -0.1) is 0 Å². The molecule has 3 aromatic rings. The number of esters is 1. The SMILES string of the molecule is C/C(=N\NC(=O)C(=O)Nc1ccccc1Cl)c1ccccc1OC(=O)c1ccccc1[N+](=O)[O-]. The van der Waals surface area contributed by atoms with Crippen molar-refractivity contribution in [3.63, 3.8) is 0 Å². The highest BCUT2D eigenvalue weighted by atomic mass is 35.5. The molecule has 0 aliphatic rings. The fourth-order valence-corrected chi connectivity index (χ4v) is 2.99. The third-order valence-corrected chi connectivity index (χ3v) is 4.78. The molecular formula is C23H17ClN4O6. The highest BCUT2D eigenvalue weighted by Crippen LogP contribution is 2.24. The maximum Gasteiger partial charge on any atom is 0.350 e. The summed E-state index contributed by atoms with van der Waals surface area (Å²) in [4.78, 5) is 47.3. The molecule has 11 heteroatoms. The molecule has 0 unspecified atom stereocenters. The Morgan fingerprint density at radius 3 is 2.24 bits per heavy atom. The Bertz CT molecular complexity index is 1310. The zero-order valence-electron chi connectivity index (χ0n) is 17.7. The minimum absolute atomic E-state index is 0.0571. The third kappa shape index (κ3) is 5.81. The molecule has 0 aromatic heterocycles. The molecule has 2 N–H and O–H groups in total. The number of rotatable bonds is 6. The van der Waals surface area contributed by atoms with Gasteiger partial charge in [-0.3, -0.25) is 19.7 Å². The summed E-state index contributed by atoms with van der Waals surface area (Å²) in [5, 5.41) is 17.7. The van der Waals surface area contributed by atoms with Crippen LogP contribution in [-0.2, 0) is 9.59 Å². The normalized spacial score (nSPS) is 10.8. The Morgan fingerprint density at radius 1 is 0.912 bits per heavy atom. The Kier molecular flexibility index (Phi) is 7.67. The fourth-order valence-electron chi connectivity index (χ4n) is 2.80. The van der Waals surface area contributed by atoms with E-state index in [9.17, 15) is 24.5 Å². The first-order valence-electron chi connectivity index (χ1n) is 9.73. The Hall–Kier alpha value is -4.57. The number of hydrazone groups is 1. The summed E-state index contributed by atoms with van der Waals surface area (Å²) < 4.78 is 5.36. The average molecular weight is 481 g/mol. The average Bonchev–Trinajstić information content (AvgIpc) is 2.83. The Labute approximate surface area is 198 Å². The van der Waals surface area contributed by atoms with Crippen molar-refractivity contribution in [1.82, 2.24) is 5.43 Å². The molecule has 0 saturated heterocycles. The number of carbonyl (C=O) groups is 3. The lowest BCUT2D eigenvalue weighted by Crippen LogP contribution is -2.33. The van der Waals surface area contributed by atoms with Gasteiger partial charge in [-0.2, -0.15) is 5.10 Å². The van der Waals surface area contributed by atoms with Crippen molar-refractivity contribution in [2.45, 2.75) is 6.92 Å². The van der Waals surface area contributed by atoms with Gasteiger partial charge in [0, 0.05) is 11.6 Å². The van der Waals surface area contributed by atoms with Crippen molar-refractivity contribution in [2.24, 2.45) is 5.10 Å².